The second-order valence-electron chi connectivity index (χ2n) is 6.13. The maximum atomic E-state index is 12.3. The van der Waals surface area contributed by atoms with E-state index in [1.807, 2.05) is 24.3 Å². The highest BCUT2D eigenvalue weighted by Gasteiger charge is 2.34. The highest BCUT2D eigenvalue weighted by Crippen LogP contribution is 2.24. The van der Waals surface area contributed by atoms with Gasteiger partial charge in [-0.25, -0.2) is 4.98 Å². The number of benzene rings is 1. The van der Waals surface area contributed by atoms with Gasteiger partial charge in [0.05, 0.1) is 11.1 Å². The Morgan fingerprint density at radius 3 is 2.42 bits per heavy atom. The summed E-state index contributed by atoms with van der Waals surface area (Å²) in [6.45, 7) is 4.25. The Labute approximate surface area is 154 Å². The van der Waals surface area contributed by atoms with Crippen molar-refractivity contribution in [2.75, 3.05) is 12.3 Å². The second kappa shape index (κ2) is 6.53. The van der Waals surface area contributed by atoms with Crippen LogP contribution in [0.5, 0.6) is 0 Å². The van der Waals surface area contributed by atoms with Crippen LogP contribution in [-0.2, 0) is 0 Å². The summed E-state index contributed by atoms with van der Waals surface area (Å²) in [6.07, 6.45) is 0.684. The van der Waals surface area contributed by atoms with Gasteiger partial charge in [0.1, 0.15) is 5.82 Å². The maximum absolute atomic E-state index is 12.3. The molecule has 0 bridgehead atoms. The van der Waals surface area contributed by atoms with Crippen molar-refractivity contribution in [2.45, 2.75) is 25.4 Å². The van der Waals surface area contributed by atoms with Crippen molar-refractivity contribution in [3.63, 3.8) is 0 Å². The molecule has 0 spiro atoms. The maximum Gasteiger partial charge on any atom is 0.261 e. The molecule has 0 aliphatic carbocycles. The molecule has 0 saturated heterocycles. The number of carbonyl (C=O) groups excluding carboxylic acids is 2. The average molecular weight is 367 g/mol. The fraction of sp³-hybridized carbons (Fsp3) is 0.278. The number of hydrogen-bond donors (Lipinski definition) is 0. The van der Waals surface area contributed by atoms with Crippen LogP contribution >= 0.6 is 11.8 Å². The molecule has 0 N–H and O–H groups in total. The van der Waals surface area contributed by atoms with E-state index in [1.54, 1.807) is 36.0 Å². The second-order valence-corrected chi connectivity index (χ2v) is 7.19. The van der Waals surface area contributed by atoms with Gasteiger partial charge in [-0.3, -0.25) is 18.9 Å². The zero-order valence-electron chi connectivity index (χ0n) is 14.5. The van der Waals surface area contributed by atoms with Gasteiger partial charge >= 0.3 is 0 Å². The summed E-state index contributed by atoms with van der Waals surface area (Å²) in [5, 5.41) is 9.17. The molecule has 132 valence electrons. The first-order valence-electron chi connectivity index (χ1n) is 8.33. The summed E-state index contributed by atoms with van der Waals surface area (Å²) in [6, 6.07) is 8.84. The fourth-order valence-electron chi connectivity index (χ4n) is 3.13. The van der Waals surface area contributed by atoms with Crippen LogP contribution in [0.25, 0.3) is 5.65 Å². The van der Waals surface area contributed by atoms with Crippen LogP contribution in [0.4, 0.5) is 0 Å². The van der Waals surface area contributed by atoms with E-state index in [2.05, 4.69) is 15.2 Å². The summed E-state index contributed by atoms with van der Waals surface area (Å²) in [5.41, 5.74) is 2.67. The van der Waals surface area contributed by atoms with Gasteiger partial charge in [0.15, 0.2) is 10.8 Å². The molecule has 0 fully saturated rings. The third-order valence-electron chi connectivity index (χ3n) is 4.29. The molecular weight excluding hydrogens is 350 g/mol. The van der Waals surface area contributed by atoms with Crippen molar-refractivity contribution in [2.24, 2.45) is 0 Å². The lowest BCUT2D eigenvalue weighted by Crippen LogP contribution is -2.31. The van der Waals surface area contributed by atoms with E-state index < -0.39 is 0 Å². The van der Waals surface area contributed by atoms with E-state index in [4.69, 9.17) is 0 Å². The number of hydrogen-bond acceptors (Lipinski definition) is 6. The first-order valence-corrected chi connectivity index (χ1v) is 9.32. The predicted octanol–water partition coefficient (Wildman–Crippen LogP) is 2.52. The van der Waals surface area contributed by atoms with Crippen LogP contribution < -0.4 is 0 Å². The molecule has 0 atom stereocenters. The zero-order valence-corrected chi connectivity index (χ0v) is 15.3. The molecule has 3 heterocycles. The summed E-state index contributed by atoms with van der Waals surface area (Å²) in [4.78, 5) is 30.5. The van der Waals surface area contributed by atoms with Crippen molar-refractivity contribution < 1.29 is 9.59 Å². The fourth-order valence-corrected chi connectivity index (χ4v) is 4.03. The van der Waals surface area contributed by atoms with E-state index in [0.29, 0.717) is 24.1 Å². The Hall–Kier alpha value is -2.74. The average Bonchev–Trinajstić information content (AvgIpc) is 3.13. The largest absolute Gasteiger partial charge is 0.274 e. The summed E-state index contributed by atoms with van der Waals surface area (Å²) >= 11 is 1.55. The van der Waals surface area contributed by atoms with Gasteiger partial charge < -0.3 is 0 Å². The van der Waals surface area contributed by atoms with E-state index >= 15 is 0 Å². The summed E-state index contributed by atoms with van der Waals surface area (Å²) in [7, 11) is 0. The van der Waals surface area contributed by atoms with Crippen LogP contribution in [0.3, 0.4) is 0 Å². The number of nitrogens with zero attached hydrogens (tertiary/aromatic N) is 5. The molecule has 7 nitrogen and oxygen atoms in total. The van der Waals surface area contributed by atoms with Crippen molar-refractivity contribution in [3.05, 3.63) is 53.0 Å². The van der Waals surface area contributed by atoms with Crippen LogP contribution in [0.2, 0.25) is 0 Å². The molecule has 1 aliphatic heterocycles. The molecular formula is C18H17N5O2S. The normalized spacial score (nSPS) is 13.7. The number of carbonyl (C=O) groups is 2. The minimum atomic E-state index is -0.209. The standard InChI is InChI=1S/C18H17N5O2S/c1-11-10-15-20-21-18(23(15)12(2)19-11)26-9-5-8-22-16(24)13-6-3-4-7-14(13)17(22)25/h3-4,6-7,10H,5,8-9H2,1-2H3. The lowest BCUT2D eigenvalue weighted by atomic mass is 10.1. The number of thioether (sulfide) groups is 1. The molecule has 2 aromatic heterocycles. The molecule has 26 heavy (non-hydrogen) atoms. The van der Waals surface area contributed by atoms with Gasteiger partial charge in [0.2, 0.25) is 0 Å². The molecule has 0 radical (unpaired) electrons. The van der Waals surface area contributed by atoms with Crippen LogP contribution in [0.1, 0.15) is 38.7 Å². The van der Waals surface area contributed by atoms with Crippen LogP contribution in [0, 0.1) is 13.8 Å². The summed E-state index contributed by atoms with van der Waals surface area (Å²) < 4.78 is 1.92. The highest BCUT2D eigenvalue weighted by atomic mass is 32.2. The molecule has 2 amide bonds. The quantitative estimate of drug-likeness (QED) is 0.392. The Kier molecular flexibility index (Phi) is 4.20. The van der Waals surface area contributed by atoms with Crippen LogP contribution in [-0.4, -0.2) is 48.6 Å². The van der Waals surface area contributed by atoms with Crippen molar-refractivity contribution in [1.82, 2.24) is 24.5 Å². The first-order chi connectivity index (χ1) is 12.6. The monoisotopic (exact) mass is 367 g/mol. The van der Waals surface area contributed by atoms with Gasteiger partial charge in [-0.15, -0.1) is 10.2 Å². The number of imide groups is 1. The van der Waals surface area contributed by atoms with Crippen LogP contribution in [0.15, 0.2) is 35.5 Å². The number of amides is 2. The Bertz CT molecular complexity index is 995. The van der Waals surface area contributed by atoms with E-state index in [0.717, 1.165) is 28.1 Å². The first kappa shape index (κ1) is 16.7. The molecule has 1 aliphatic rings. The van der Waals surface area contributed by atoms with Crippen molar-refractivity contribution >= 4 is 29.2 Å². The highest BCUT2D eigenvalue weighted by molar-refractivity contribution is 7.99. The SMILES string of the molecule is Cc1cc2nnc(SCCCN3C(=O)c4ccccc4C3=O)n2c(C)n1. The topological polar surface area (TPSA) is 80.5 Å². The van der Waals surface area contributed by atoms with Gasteiger partial charge in [0.25, 0.3) is 11.8 Å². The smallest absolute Gasteiger partial charge is 0.261 e. The van der Waals surface area contributed by atoms with E-state index in [9.17, 15) is 9.59 Å². The minimum absolute atomic E-state index is 0.209. The molecule has 4 rings (SSSR count). The Morgan fingerprint density at radius 1 is 1.04 bits per heavy atom. The lowest BCUT2D eigenvalue weighted by Gasteiger charge is -2.13. The van der Waals surface area contributed by atoms with Gasteiger partial charge in [-0.2, -0.15) is 0 Å². The molecule has 8 heteroatoms. The van der Waals surface area contributed by atoms with Gasteiger partial charge in [0, 0.05) is 24.1 Å². The lowest BCUT2D eigenvalue weighted by molar-refractivity contribution is 0.0655. The van der Waals surface area contributed by atoms with E-state index in [-0.39, 0.29) is 11.8 Å². The predicted molar refractivity (Wildman–Crippen MR) is 97.4 cm³/mol. The number of aromatic nitrogens is 4. The number of rotatable bonds is 5. The number of fused-ring (bicyclic) bond motifs is 2. The zero-order chi connectivity index (χ0) is 18.3. The molecule has 0 unspecified atom stereocenters. The van der Waals surface area contributed by atoms with Gasteiger partial charge in [-0.05, 0) is 32.4 Å². The van der Waals surface area contributed by atoms with E-state index in [1.165, 1.54) is 4.90 Å². The van der Waals surface area contributed by atoms with Crippen molar-refractivity contribution in [1.29, 1.82) is 0 Å². The minimum Gasteiger partial charge on any atom is -0.274 e. The summed E-state index contributed by atoms with van der Waals surface area (Å²) in [5.74, 6) is 1.15. The number of aryl methyl sites for hydroxylation is 2. The molecule has 3 aromatic rings. The third kappa shape index (κ3) is 2.76. The third-order valence-corrected chi connectivity index (χ3v) is 5.31. The molecule has 1 aromatic carbocycles. The van der Waals surface area contributed by atoms with Gasteiger partial charge in [-0.1, -0.05) is 23.9 Å². The van der Waals surface area contributed by atoms with Crippen molar-refractivity contribution in [3.8, 4) is 0 Å². The Morgan fingerprint density at radius 2 is 1.73 bits per heavy atom. The molecule has 0 saturated carbocycles. The Balaban J connectivity index is 1.40.